The summed E-state index contributed by atoms with van der Waals surface area (Å²) in [6.45, 7) is 0.340. The quantitative estimate of drug-likeness (QED) is 0.677. The summed E-state index contributed by atoms with van der Waals surface area (Å²) in [5.41, 5.74) is 0. The molecule has 0 N–H and O–H groups in total. The molecule has 0 radical (unpaired) electrons. The molecule has 0 bridgehead atoms. The number of ether oxygens (including phenoxy) is 5. The predicted molar refractivity (Wildman–Crippen MR) is 58.5 cm³/mol. The van der Waals surface area contributed by atoms with Crippen LogP contribution < -0.4 is 0 Å². The van der Waals surface area contributed by atoms with E-state index in [9.17, 15) is 0 Å². The molecule has 0 aromatic rings. The van der Waals surface area contributed by atoms with Crippen molar-refractivity contribution >= 4 is 0 Å². The van der Waals surface area contributed by atoms with Gasteiger partial charge in [0.2, 0.25) is 0 Å². The minimum atomic E-state index is -0.684. The summed E-state index contributed by atoms with van der Waals surface area (Å²) in [5.74, 6) is 0. The van der Waals surface area contributed by atoms with E-state index >= 15 is 0 Å². The summed E-state index contributed by atoms with van der Waals surface area (Å²) in [7, 11) is 6.23. The highest BCUT2D eigenvalue weighted by Gasteiger charge is 2.47. The number of hydrogen-bond acceptors (Lipinski definition) is 6. The highest BCUT2D eigenvalue weighted by molar-refractivity contribution is 5.03. The summed E-state index contributed by atoms with van der Waals surface area (Å²) in [4.78, 5) is 0. The molecule has 1 aliphatic rings. The van der Waals surface area contributed by atoms with Gasteiger partial charge in [-0.05, 0) is 0 Å². The summed E-state index contributed by atoms with van der Waals surface area (Å²) in [5, 5.41) is 9.06. The van der Waals surface area contributed by atoms with E-state index in [0.717, 1.165) is 0 Å². The maximum absolute atomic E-state index is 9.06. The van der Waals surface area contributed by atoms with E-state index < -0.39 is 12.2 Å². The Morgan fingerprint density at radius 2 is 1.59 bits per heavy atom. The third-order valence-electron chi connectivity index (χ3n) is 2.91. The molecule has 1 aliphatic heterocycles. The van der Waals surface area contributed by atoms with E-state index in [1.54, 1.807) is 21.3 Å². The highest BCUT2D eigenvalue weighted by atomic mass is 16.6. The van der Waals surface area contributed by atoms with Crippen LogP contribution in [0.15, 0.2) is 0 Å². The average Bonchev–Trinajstić information content (AvgIpc) is 2.37. The fourth-order valence-electron chi connectivity index (χ4n) is 2.13. The van der Waals surface area contributed by atoms with Gasteiger partial charge in [0.1, 0.15) is 24.4 Å². The lowest BCUT2D eigenvalue weighted by molar-refractivity contribution is -0.236. The van der Waals surface area contributed by atoms with E-state index in [2.05, 4.69) is 6.07 Å². The number of methoxy groups -OCH3 is 4. The van der Waals surface area contributed by atoms with Crippen molar-refractivity contribution in [3.05, 3.63) is 0 Å². The van der Waals surface area contributed by atoms with E-state index in [-0.39, 0.29) is 18.3 Å². The lowest BCUT2D eigenvalue weighted by Crippen LogP contribution is -2.60. The van der Waals surface area contributed by atoms with E-state index in [1.807, 2.05) is 0 Å². The molecule has 1 heterocycles. The molecular formula is C11H19NO5. The molecule has 0 aromatic carbocycles. The summed E-state index contributed by atoms with van der Waals surface area (Å²) < 4.78 is 26.7. The van der Waals surface area contributed by atoms with Gasteiger partial charge in [-0.3, -0.25) is 0 Å². The molecule has 1 rings (SSSR count). The average molecular weight is 245 g/mol. The largest absolute Gasteiger partial charge is 0.382 e. The molecule has 1 fully saturated rings. The van der Waals surface area contributed by atoms with Crippen molar-refractivity contribution < 1.29 is 23.7 Å². The van der Waals surface area contributed by atoms with Gasteiger partial charge in [-0.1, -0.05) is 0 Å². The number of hydrogen-bond donors (Lipinski definition) is 0. The molecule has 6 nitrogen and oxygen atoms in total. The maximum Gasteiger partial charge on any atom is 0.173 e. The van der Waals surface area contributed by atoms with Crippen LogP contribution >= 0.6 is 0 Å². The Bertz CT molecular complexity index is 267. The zero-order chi connectivity index (χ0) is 12.8. The molecule has 0 unspecified atom stereocenters. The van der Waals surface area contributed by atoms with Crippen LogP contribution in [0.1, 0.15) is 0 Å². The van der Waals surface area contributed by atoms with Crippen LogP contribution in [0.5, 0.6) is 0 Å². The first-order valence-corrected chi connectivity index (χ1v) is 5.35. The predicted octanol–water partition coefficient (Wildman–Crippen LogP) is -0.0312. The molecule has 0 aromatic heterocycles. The lowest BCUT2D eigenvalue weighted by Gasteiger charge is -2.42. The molecule has 0 saturated carbocycles. The molecular weight excluding hydrogens is 226 g/mol. The zero-order valence-electron chi connectivity index (χ0n) is 10.6. The van der Waals surface area contributed by atoms with Crippen molar-refractivity contribution in [1.82, 2.24) is 0 Å². The van der Waals surface area contributed by atoms with Gasteiger partial charge in [-0.25, -0.2) is 0 Å². The summed E-state index contributed by atoms with van der Waals surface area (Å²) in [6.07, 6.45) is -2.18. The first-order valence-electron chi connectivity index (χ1n) is 5.35. The Morgan fingerprint density at radius 3 is 2.00 bits per heavy atom. The Labute approximate surface area is 101 Å². The van der Waals surface area contributed by atoms with E-state index in [4.69, 9.17) is 28.9 Å². The van der Waals surface area contributed by atoms with Crippen molar-refractivity contribution in [2.45, 2.75) is 30.5 Å². The van der Waals surface area contributed by atoms with Crippen molar-refractivity contribution in [1.29, 1.82) is 5.26 Å². The lowest BCUT2D eigenvalue weighted by atomic mass is 9.95. The van der Waals surface area contributed by atoms with Crippen molar-refractivity contribution in [2.24, 2.45) is 0 Å². The molecule has 6 heteroatoms. The van der Waals surface area contributed by atoms with E-state index in [1.165, 1.54) is 7.11 Å². The topological polar surface area (TPSA) is 69.9 Å². The first-order chi connectivity index (χ1) is 8.23. The zero-order valence-corrected chi connectivity index (χ0v) is 10.6. The van der Waals surface area contributed by atoms with Crippen LogP contribution in [0.4, 0.5) is 0 Å². The Hall–Kier alpha value is -0.710. The van der Waals surface area contributed by atoms with Crippen LogP contribution in [0.2, 0.25) is 0 Å². The smallest absolute Gasteiger partial charge is 0.173 e. The standard InChI is InChI=1S/C11H19NO5/c1-13-6-8-10(15-3)11(16-4)9(14-2)7(5-12)17-8/h7-11H,6H2,1-4H3/t7-,8-,9+,10-,11-/m1/s1. The van der Waals surface area contributed by atoms with Gasteiger partial charge in [-0.2, -0.15) is 5.26 Å². The fourth-order valence-corrected chi connectivity index (χ4v) is 2.13. The Kier molecular flexibility index (Phi) is 5.82. The van der Waals surface area contributed by atoms with Gasteiger partial charge in [0.05, 0.1) is 12.7 Å². The van der Waals surface area contributed by atoms with Gasteiger partial charge in [0.15, 0.2) is 6.10 Å². The van der Waals surface area contributed by atoms with Crippen molar-refractivity contribution in [2.75, 3.05) is 35.0 Å². The van der Waals surface area contributed by atoms with Gasteiger partial charge in [0, 0.05) is 28.4 Å². The fraction of sp³-hybridized carbons (Fsp3) is 0.909. The van der Waals surface area contributed by atoms with Gasteiger partial charge in [-0.15, -0.1) is 0 Å². The minimum Gasteiger partial charge on any atom is -0.382 e. The van der Waals surface area contributed by atoms with Crippen LogP contribution in [0.25, 0.3) is 0 Å². The SMILES string of the molecule is COC[C@H]1O[C@H](C#N)[C@H](OC)[C@@H](OC)[C@@H]1OC. The van der Waals surface area contributed by atoms with Crippen LogP contribution in [0, 0.1) is 11.3 Å². The molecule has 5 atom stereocenters. The maximum atomic E-state index is 9.06. The van der Waals surface area contributed by atoms with Gasteiger partial charge >= 0.3 is 0 Å². The third-order valence-corrected chi connectivity index (χ3v) is 2.91. The highest BCUT2D eigenvalue weighted by Crippen LogP contribution is 2.26. The first kappa shape index (κ1) is 14.4. The number of rotatable bonds is 5. The molecule has 98 valence electrons. The van der Waals surface area contributed by atoms with Crippen molar-refractivity contribution in [3.8, 4) is 6.07 Å². The van der Waals surface area contributed by atoms with Gasteiger partial charge < -0.3 is 23.7 Å². The molecule has 0 spiro atoms. The second kappa shape index (κ2) is 6.89. The molecule has 17 heavy (non-hydrogen) atoms. The molecule has 0 amide bonds. The number of nitrogens with zero attached hydrogens (tertiary/aromatic N) is 1. The van der Waals surface area contributed by atoms with Crippen LogP contribution in [-0.2, 0) is 23.7 Å². The molecule has 1 saturated heterocycles. The van der Waals surface area contributed by atoms with E-state index in [0.29, 0.717) is 6.61 Å². The number of nitriles is 1. The normalized spacial score (nSPS) is 37.7. The Balaban J connectivity index is 2.89. The second-order valence-electron chi connectivity index (χ2n) is 3.78. The minimum absolute atomic E-state index is 0.325. The molecule has 0 aliphatic carbocycles. The van der Waals surface area contributed by atoms with Gasteiger partial charge in [0.25, 0.3) is 0 Å². The van der Waals surface area contributed by atoms with Crippen LogP contribution in [-0.4, -0.2) is 65.6 Å². The van der Waals surface area contributed by atoms with Crippen LogP contribution in [0.3, 0.4) is 0 Å². The third kappa shape index (κ3) is 2.94. The summed E-state index contributed by atoms with van der Waals surface area (Å²) in [6, 6.07) is 2.06. The Morgan fingerprint density at radius 1 is 1.00 bits per heavy atom. The summed E-state index contributed by atoms with van der Waals surface area (Å²) >= 11 is 0. The second-order valence-corrected chi connectivity index (χ2v) is 3.78. The monoisotopic (exact) mass is 245 g/mol. The van der Waals surface area contributed by atoms with Crippen molar-refractivity contribution in [3.63, 3.8) is 0 Å².